The first kappa shape index (κ1) is 19.1. The maximum Gasteiger partial charge on any atom is 0.251 e. The van der Waals surface area contributed by atoms with Crippen molar-refractivity contribution in [2.75, 3.05) is 18.1 Å². The number of nitrogens with two attached hydrogens (primary N) is 1. The van der Waals surface area contributed by atoms with Crippen LogP contribution < -0.4 is 16.4 Å². The van der Waals surface area contributed by atoms with E-state index < -0.39 is 30.4 Å². The van der Waals surface area contributed by atoms with Crippen molar-refractivity contribution in [2.45, 2.75) is 31.1 Å². The van der Waals surface area contributed by atoms with E-state index in [9.17, 15) is 15.0 Å². The van der Waals surface area contributed by atoms with E-state index in [-0.39, 0.29) is 0 Å². The number of ether oxygens (including phenoxy) is 1. The zero-order valence-electron chi connectivity index (χ0n) is 15.6. The average Bonchev–Trinajstić information content (AvgIpc) is 3.28. The van der Waals surface area contributed by atoms with E-state index in [1.807, 2.05) is 24.3 Å². The first-order chi connectivity index (χ1) is 14.0. The predicted octanol–water partition coefficient (Wildman–Crippen LogP) is -0.614. The maximum atomic E-state index is 11.9. The number of benzene rings is 1. The molecule has 1 aromatic carbocycles. The Morgan fingerprint density at radius 1 is 1.28 bits per heavy atom. The molecule has 29 heavy (non-hydrogen) atoms. The smallest absolute Gasteiger partial charge is 0.251 e. The van der Waals surface area contributed by atoms with Gasteiger partial charge in [-0.2, -0.15) is 0 Å². The lowest BCUT2D eigenvalue weighted by atomic mass is 10.1. The number of nitrogen functional groups attached to an aromatic ring is 1. The number of rotatable bonds is 5. The lowest BCUT2D eigenvalue weighted by Crippen LogP contribution is -2.41. The SMILES string of the molecule is CNC(=O)[C@H]1O[C@@H](n2cnc3c(NCc4cccc(N)c4)ncnc32)[C@H](O)[C@@H]1O. The Morgan fingerprint density at radius 2 is 2.10 bits per heavy atom. The number of fused-ring (bicyclic) bond motifs is 1. The molecule has 1 saturated heterocycles. The molecule has 0 radical (unpaired) electrons. The van der Waals surface area contributed by atoms with Gasteiger partial charge in [-0.25, -0.2) is 15.0 Å². The minimum Gasteiger partial charge on any atom is -0.399 e. The number of nitrogens with zero attached hydrogens (tertiary/aromatic N) is 4. The van der Waals surface area contributed by atoms with E-state index in [2.05, 4.69) is 25.6 Å². The van der Waals surface area contributed by atoms with Gasteiger partial charge < -0.3 is 31.3 Å². The first-order valence-electron chi connectivity index (χ1n) is 8.98. The van der Waals surface area contributed by atoms with Crippen LogP contribution in [0.1, 0.15) is 11.8 Å². The van der Waals surface area contributed by atoms with Gasteiger partial charge in [-0.3, -0.25) is 9.36 Å². The Bertz CT molecular complexity index is 1040. The van der Waals surface area contributed by atoms with Gasteiger partial charge in [0.1, 0.15) is 18.5 Å². The molecular weight excluding hydrogens is 378 g/mol. The molecule has 3 aromatic rings. The molecular formula is C18H21N7O4. The van der Waals surface area contributed by atoms with Gasteiger partial charge in [-0.1, -0.05) is 12.1 Å². The molecule has 4 rings (SSSR count). The van der Waals surface area contributed by atoms with Crippen LogP contribution in [0.2, 0.25) is 0 Å². The Hall–Kier alpha value is -3.28. The maximum absolute atomic E-state index is 11.9. The molecule has 1 fully saturated rings. The lowest BCUT2D eigenvalue weighted by molar-refractivity contribution is -0.137. The molecule has 0 unspecified atom stereocenters. The van der Waals surface area contributed by atoms with Crippen molar-refractivity contribution in [3.05, 3.63) is 42.5 Å². The monoisotopic (exact) mass is 399 g/mol. The lowest BCUT2D eigenvalue weighted by Gasteiger charge is -2.16. The van der Waals surface area contributed by atoms with Gasteiger partial charge in [-0.15, -0.1) is 0 Å². The molecule has 3 heterocycles. The van der Waals surface area contributed by atoms with Crippen LogP contribution >= 0.6 is 0 Å². The van der Waals surface area contributed by atoms with Crippen LogP contribution in [0.5, 0.6) is 0 Å². The van der Waals surface area contributed by atoms with Gasteiger partial charge >= 0.3 is 0 Å². The third-order valence-corrected chi connectivity index (χ3v) is 4.79. The summed E-state index contributed by atoms with van der Waals surface area (Å²) in [5, 5.41) is 26.1. The molecule has 152 valence electrons. The van der Waals surface area contributed by atoms with Gasteiger partial charge in [0.25, 0.3) is 5.91 Å². The van der Waals surface area contributed by atoms with Gasteiger partial charge in [0.15, 0.2) is 29.3 Å². The Labute approximate surface area is 165 Å². The van der Waals surface area contributed by atoms with Gasteiger partial charge in [-0.05, 0) is 17.7 Å². The molecule has 11 heteroatoms. The quantitative estimate of drug-likeness (QED) is 0.352. The standard InChI is InChI=1S/C18H21N7O4/c1-20-17(28)14-12(26)13(27)18(29-14)25-8-24-11-15(22-7-23-16(11)25)21-6-9-3-2-4-10(19)5-9/h2-5,7-8,12-14,18,26-27H,6,19H2,1H3,(H,20,28)(H,21,22,23)/t12-,13+,14-,18+/m0/s1. The molecule has 1 aliphatic rings. The molecule has 0 saturated carbocycles. The molecule has 0 bridgehead atoms. The average molecular weight is 399 g/mol. The summed E-state index contributed by atoms with van der Waals surface area (Å²) in [6.45, 7) is 0.476. The second kappa shape index (κ2) is 7.62. The number of aromatic nitrogens is 4. The highest BCUT2D eigenvalue weighted by Crippen LogP contribution is 2.32. The Morgan fingerprint density at radius 3 is 2.86 bits per heavy atom. The zero-order valence-corrected chi connectivity index (χ0v) is 15.6. The second-order valence-electron chi connectivity index (χ2n) is 6.69. The van der Waals surface area contributed by atoms with Crippen molar-refractivity contribution in [3.8, 4) is 0 Å². The molecule has 2 aromatic heterocycles. The summed E-state index contributed by atoms with van der Waals surface area (Å²) in [6.07, 6.45) is -2.13. The van der Waals surface area contributed by atoms with Gasteiger partial charge in [0.2, 0.25) is 0 Å². The topological polar surface area (TPSA) is 160 Å². The van der Waals surface area contributed by atoms with Crippen LogP contribution in [-0.2, 0) is 16.1 Å². The molecule has 11 nitrogen and oxygen atoms in total. The van der Waals surface area contributed by atoms with Crippen molar-refractivity contribution in [1.29, 1.82) is 0 Å². The van der Waals surface area contributed by atoms with E-state index in [1.54, 1.807) is 0 Å². The van der Waals surface area contributed by atoms with Crippen LogP contribution in [0.15, 0.2) is 36.9 Å². The number of amides is 1. The van der Waals surface area contributed by atoms with E-state index in [0.29, 0.717) is 29.2 Å². The van der Waals surface area contributed by atoms with Gasteiger partial charge in [0.05, 0.1) is 6.33 Å². The van der Waals surface area contributed by atoms with E-state index in [0.717, 1.165) is 5.56 Å². The second-order valence-corrected chi connectivity index (χ2v) is 6.69. The number of likely N-dealkylation sites (N-methyl/N-ethyl adjacent to an activating group) is 1. The molecule has 1 aliphatic heterocycles. The fraction of sp³-hybridized carbons (Fsp3) is 0.333. The van der Waals surface area contributed by atoms with E-state index >= 15 is 0 Å². The number of carbonyl (C=O) groups is 1. The molecule has 0 spiro atoms. The number of anilines is 2. The van der Waals surface area contributed by atoms with Crippen molar-refractivity contribution >= 4 is 28.6 Å². The Balaban J connectivity index is 1.60. The van der Waals surface area contributed by atoms with E-state index in [4.69, 9.17) is 10.5 Å². The van der Waals surface area contributed by atoms with Crippen molar-refractivity contribution in [1.82, 2.24) is 24.8 Å². The van der Waals surface area contributed by atoms with Gasteiger partial charge in [0, 0.05) is 19.3 Å². The summed E-state index contributed by atoms with van der Waals surface area (Å²) in [5.41, 5.74) is 8.30. The third kappa shape index (κ3) is 3.46. The van der Waals surface area contributed by atoms with E-state index in [1.165, 1.54) is 24.3 Å². The summed E-state index contributed by atoms with van der Waals surface area (Å²) < 4.78 is 7.06. The highest BCUT2D eigenvalue weighted by molar-refractivity contribution is 5.83. The molecule has 1 amide bonds. The van der Waals surface area contributed by atoms with Crippen molar-refractivity contribution in [3.63, 3.8) is 0 Å². The summed E-state index contributed by atoms with van der Waals surface area (Å²) in [5.74, 6) is -0.0327. The van der Waals surface area contributed by atoms with Crippen molar-refractivity contribution < 1.29 is 19.7 Å². The minimum atomic E-state index is -1.37. The molecule has 4 atom stereocenters. The Kier molecular flexibility index (Phi) is 5.01. The van der Waals surface area contributed by atoms with Crippen LogP contribution in [0.25, 0.3) is 11.2 Å². The van der Waals surface area contributed by atoms with Crippen molar-refractivity contribution in [2.24, 2.45) is 0 Å². The zero-order chi connectivity index (χ0) is 20.5. The van der Waals surface area contributed by atoms with Crippen LogP contribution in [0.4, 0.5) is 11.5 Å². The highest BCUT2D eigenvalue weighted by atomic mass is 16.6. The highest BCUT2D eigenvalue weighted by Gasteiger charge is 2.47. The number of aliphatic hydroxyl groups is 2. The summed E-state index contributed by atoms with van der Waals surface area (Å²) in [4.78, 5) is 24.6. The number of imidazole rings is 1. The predicted molar refractivity (Wildman–Crippen MR) is 103 cm³/mol. The third-order valence-electron chi connectivity index (χ3n) is 4.79. The summed E-state index contributed by atoms with van der Waals surface area (Å²) in [7, 11) is 1.43. The number of nitrogens with one attached hydrogen (secondary N) is 2. The molecule has 6 N–H and O–H groups in total. The largest absolute Gasteiger partial charge is 0.399 e. The first-order valence-corrected chi connectivity index (χ1v) is 8.98. The number of carbonyl (C=O) groups excluding carboxylic acids is 1. The number of aliphatic hydroxyl groups excluding tert-OH is 2. The molecule has 0 aliphatic carbocycles. The van der Waals surface area contributed by atoms with Crippen LogP contribution in [-0.4, -0.2) is 61.0 Å². The number of hydrogen-bond donors (Lipinski definition) is 5. The fourth-order valence-corrected chi connectivity index (χ4v) is 3.30. The normalized spacial score (nSPS) is 24.0. The van der Waals surface area contributed by atoms with Crippen LogP contribution in [0.3, 0.4) is 0 Å². The minimum absolute atomic E-state index is 0.392. The summed E-state index contributed by atoms with van der Waals surface area (Å²) in [6, 6.07) is 7.46. The summed E-state index contributed by atoms with van der Waals surface area (Å²) >= 11 is 0. The van der Waals surface area contributed by atoms with Crippen LogP contribution in [0, 0.1) is 0 Å². The number of hydrogen-bond acceptors (Lipinski definition) is 9. The fourth-order valence-electron chi connectivity index (χ4n) is 3.30.